The van der Waals surface area contributed by atoms with Crippen LogP contribution >= 0.6 is 0 Å². The summed E-state index contributed by atoms with van der Waals surface area (Å²) in [6.07, 6.45) is 3.30. The van der Waals surface area contributed by atoms with Gasteiger partial charge in [-0.05, 0) is 37.1 Å². The Morgan fingerprint density at radius 1 is 1.07 bits per heavy atom. The maximum atomic E-state index is 13.6. The zero-order valence-corrected chi connectivity index (χ0v) is 16.1. The predicted octanol–water partition coefficient (Wildman–Crippen LogP) is 3.52. The molecule has 1 aromatic carbocycles. The molecule has 2 amide bonds. The van der Waals surface area contributed by atoms with Crippen LogP contribution in [-0.2, 0) is 5.92 Å². The number of carbonyl (C=O) groups excluding carboxylic acids is 2. The van der Waals surface area contributed by atoms with Gasteiger partial charge in [0.1, 0.15) is 11.4 Å². The second-order valence-electron chi connectivity index (χ2n) is 7.17. The molecule has 1 aliphatic rings. The molecule has 0 spiro atoms. The van der Waals surface area contributed by atoms with Gasteiger partial charge in [0.15, 0.2) is 5.69 Å². The minimum Gasteiger partial charge on any atom is -0.348 e. The molecule has 0 bridgehead atoms. The number of halogens is 2. The van der Waals surface area contributed by atoms with E-state index in [1.807, 2.05) is 18.2 Å². The second kappa shape index (κ2) is 7.66. The van der Waals surface area contributed by atoms with Gasteiger partial charge in [-0.2, -0.15) is 13.9 Å². The fraction of sp³-hybridized carbons (Fsp3) is 0.238. The van der Waals surface area contributed by atoms with Crippen LogP contribution in [-0.4, -0.2) is 32.6 Å². The predicted molar refractivity (Wildman–Crippen MR) is 106 cm³/mol. The van der Waals surface area contributed by atoms with E-state index in [0.717, 1.165) is 18.9 Å². The Balaban J connectivity index is 1.64. The summed E-state index contributed by atoms with van der Waals surface area (Å²) < 4.78 is 28.6. The molecular formula is C21H19F2N5O2. The topological polar surface area (TPSA) is 88.9 Å². The molecule has 154 valence electrons. The molecule has 1 aliphatic carbocycles. The molecule has 0 unspecified atom stereocenters. The number of amides is 2. The number of carbonyl (C=O) groups is 2. The van der Waals surface area contributed by atoms with Crippen LogP contribution in [0.4, 0.5) is 14.5 Å². The Labute approximate surface area is 171 Å². The van der Waals surface area contributed by atoms with Crippen molar-refractivity contribution in [1.29, 1.82) is 0 Å². The van der Waals surface area contributed by atoms with Crippen molar-refractivity contribution in [3.05, 3.63) is 71.8 Å². The average Bonchev–Trinajstić information content (AvgIpc) is 3.44. The van der Waals surface area contributed by atoms with Crippen molar-refractivity contribution in [2.75, 3.05) is 5.32 Å². The first kappa shape index (κ1) is 19.7. The summed E-state index contributed by atoms with van der Waals surface area (Å²) in [5, 5.41) is 9.73. The number of anilines is 1. The summed E-state index contributed by atoms with van der Waals surface area (Å²) in [6.45, 7) is 0.710. The molecule has 0 aliphatic heterocycles. The highest BCUT2D eigenvalue weighted by Crippen LogP contribution is 2.26. The normalized spacial score (nSPS) is 13.7. The van der Waals surface area contributed by atoms with Crippen molar-refractivity contribution in [3.8, 4) is 5.69 Å². The van der Waals surface area contributed by atoms with Gasteiger partial charge in [-0.15, -0.1) is 0 Å². The molecule has 2 aromatic heterocycles. The van der Waals surface area contributed by atoms with Crippen LogP contribution < -0.4 is 10.6 Å². The number of nitrogens with zero attached hydrogens (tertiary/aromatic N) is 3. The highest BCUT2D eigenvalue weighted by Gasteiger charge is 2.29. The minimum atomic E-state index is -3.18. The molecule has 3 aromatic rings. The third kappa shape index (κ3) is 4.35. The van der Waals surface area contributed by atoms with E-state index in [9.17, 15) is 18.4 Å². The van der Waals surface area contributed by atoms with Gasteiger partial charge >= 0.3 is 0 Å². The first-order valence-corrected chi connectivity index (χ1v) is 9.44. The Hall–Kier alpha value is -3.62. The largest absolute Gasteiger partial charge is 0.348 e. The van der Waals surface area contributed by atoms with Crippen LogP contribution in [0.25, 0.3) is 5.69 Å². The van der Waals surface area contributed by atoms with Crippen molar-refractivity contribution >= 4 is 17.5 Å². The summed E-state index contributed by atoms with van der Waals surface area (Å²) in [5.74, 6) is -4.30. The summed E-state index contributed by atoms with van der Waals surface area (Å²) in [6, 6.07) is 13.0. The summed E-state index contributed by atoms with van der Waals surface area (Å²) in [4.78, 5) is 29.0. The quantitative estimate of drug-likeness (QED) is 0.650. The highest BCUT2D eigenvalue weighted by atomic mass is 19.3. The van der Waals surface area contributed by atoms with Gasteiger partial charge in [-0.1, -0.05) is 24.3 Å². The van der Waals surface area contributed by atoms with Crippen LogP contribution in [0.3, 0.4) is 0 Å². The maximum absolute atomic E-state index is 13.6. The van der Waals surface area contributed by atoms with Gasteiger partial charge in [-0.3, -0.25) is 9.59 Å². The molecule has 2 heterocycles. The summed E-state index contributed by atoms with van der Waals surface area (Å²) in [5.41, 5.74) is 0.203. The molecule has 9 heteroatoms. The van der Waals surface area contributed by atoms with E-state index in [-0.39, 0.29) is 23.1 Å². The molecular weight excluding hydrogens is 392 g/mol. The van der Waals surface area contributed by atoms with Gasteiger partial charge in [0.2, 0.25) is 0 Å². The molecule has 2 N–H and O–H groups in total. The van der Waals surface area contributed by atoms with Gasteiger partial charge in [0, 0.05) is 13.0 Å². The van der Waals surface area contributed by atoms with Crippen molar-refractivity contribution in [1.82, 2.24) is 20.1 Å². The smallest absolute Gasteiger partial charge is 0.287 e. The van der Waals surface area contributed by atoms with Crippen LogP contribution in [0.1, 0.15) is 46.4 Å². The minimum absolute atomic E-state index is 0.0380. The number of para-hydroxylation sites is 1. The zero-order chi connectivity index (χ0) is 21.3. The summed E-state index contributed by atoms with van der Waals surface area (Å²) in [7, 11) is 0. The molecule has 7 nitrogen and oxygen atoms in total. The van der Waals surface area contributed by atoms with Crippen molar-refractivity contribution in [2.24, 2.45) is 0 Å². The Morgan fingerprint density at radius 2 is 1.80 bits per heavy atom. The molecule has 30 heavy (non-hydrogen) atoms. The number of rotatable bonds is 6. The Bertz CT molecular complexity index is 1090. The monoisotopic (exact) mass is 411 g/mol. The Morgan fingerprint density at radius 3 is 2.47 bits per heavy atom. The average molecular weight is 411 g/mol. The zero-order valence-electron chi connectivity index (χ0n) is 16.1. The first-order chi connectivity index (χ1) is 14.3. The second-order valence-corrected chi connectivity index (χ2v) is 7.17. The fourth-order valence-electron chi connectivity index (χ4n) is 2.82. The van der Waals surface area contributed by atoms with E-state index in [4.69, 9.17) is 0 Å². The number of aromatic nitrogens is 3. The number of hydrogen-bond acceptors (Lipinski definition) is 4. The lowest BCUT2D eigenvalue weighted by Gasteiger charge is -2.11. The van der Waals surface area contributed by atoms with Gasteiger partial charge in [0.05, 0.1) is 17.6 Å². The van der Waals surface area contributed by atoms with Crippen molar-refractivity contribution < 1.29 is 18.4 Å². The molecule has 0 radical (unpaired) electrons. The number of benzene rings is 1. The SMILES string of the molecule is CC(F)(F)c1cccc(C(=O)Nc2cn(-c3ccccc3)nc2C(=O)NC2CC2)n1. The molecule has 0 saturated heterocycles. The van der Waals surface area contributed by atoms with Crippen LogP contribution in [0.2, 0.25) is 0 Å². The van der Waals surface area contributed by atoms with Gasteiger partial charge < -0.3 is 10.6 Å². The van der Waals surface area contributed by atoms with Gasteiger partial charge in [-0.25, -0.2) is 9.67 Å². The van der Waals surface area contributed by atoms with Crippen LogP contribution in [0, 0.1) is 0 Å². The number of nitrogens with one attached hydrogen (secondary N) is 2. The summed E-state index contributed by atoms with van der Waals surface area (Å²) >= 11 is 0. The van der Waals surface area contributed by atoms with Crippen LogP contribution in [0.5, 0.6) is 0 Å². The molecule has 4 rings (SSSR count). The third-order valence-electron chi connectivity index (χ3n) is 4.54. The lowest BCUT2D eigenvalue weighted by atomic mass is 10.2. The molecule has 1 fully saturated rings. The van der Waals surface area contributed by atoms with Crippen molar-refractivity contribution in [2.45, 2.75) is 31.7 Å². The van der Waals surface area contributed by atoms with Gasteiger partial charge in [0.25, 0.3) is 17.7 Å². The lowest BCUT2D eigenvalue weighted by Crippen LogP contribution is -2.27. The third-order valence-corrected chi connectivity index (χ3v) is 4.54. The van der Waals surface area contributed by atoms with E-state index >= 15 is 0 Å². The van der Waals surface area contributed by atoms with E-state index < -0.39 is 23.4 Å². The molecule has 1 saturated carbocycles. The lowest BCUT2D eigenvalue weighted by molar-refractivity contribution is 0.0126. The number of alkyl halides is 2. The van der Waals surface area contributed by atoms with E-state index in [1.54, 1.807) is 12.1 Å². The fourth-order valence-corrected chi connectivity index (χ4v) is 2.82. The maximum Gasteiger partial charge on any atom is 0.287 e. The highest BCUT2D eigenvalue weighted by molar-refractivity contribution is 6.07. The van der Waals surface area contributed by atoms with E-state index in [2.05, 4.69) is 20.7 Å². The number of hydrogen-bond donors (Lipinski definition) is 2. The Kier molecular flexibility index (Phi) is 5.03. The van der Waals surface area contributed by atoms with Crippen LogP contribution in [0.15, 0.2) is 54.7 Å². The number of pyridine rings is 1. The van der Waals surface area contributed by atoms with E-state index in [0.29, 0.717) is 12.6 Å². The standard InChI is InChI=1S/C21H19F2N5O2/c1-21(22,23)17-9-5-8-15(25-17)19(29)26-16-12-28(14-6-3-2-4-7-14)27-18(16)20(30)24-13-10-11-13/h2-9,12-13H,10-11H2,1H3,(H,24,30)(H,26,29). The molecule has 0 atom stereocenters. The van der Waals surface area contributed by atoms with Crippen molar-refractivity contribution in [3.63, 3.8) is 0 Å². The first-order valence-electron chi connectivity index (χ1n) is 9.44. The van der Waals surface area contributed by atoms with E-state index in [1.165, 1.54) is 23.0 Å².